The van der Waals surface area contributed by atoms with Gasteiger partial charge in [0.15, 0.2) is 0 Å². The average Bonchev–Trinajstić information content (AvgIpc) is 2.59. The number of rotatable bonds is 6. The van der Waals surface area contributed by atoms with Gasteiger partial charge in [-0.25, -0.2) is 0 Å². The van der Waals surface area contributed by atoms with Gasteiger partial charge >= 0.3 is 0 Å². The van der Waals surface area contributed by atoms with Crippen LogP contribution in [0.4, 0.5) is 0 Å². The summed E-state index contributed by atoms with van der Waals surface area (Å²) in [7, 11) is 2.16. The topological polar surface area (TPSA) is 44.7 Å². The third-order valence-electron chi connectivity index (χ3n) is 4.54. The number of benzene rings is 2. The first kappa shape index (κ1) is 16.2. The summed E-state index contributed by atoms with van der Waals surface area (Å²) in [5.74, 6) is 0.835. The lowest BCUT2D eigenvalue weighted by atomic mass is 10.1. The summed E-state index contributed by atoms with van der Waals surface area (Å²) in [4.78, 5) is 2.35. The van der Waals surface area contributed by atoms with Crippen molar-refractivity contribution in [1.82, 2.24) is 10.2 Å². The Hall–Kier alpha value is -1.62. The van der Waals surface area contributed by atoms with E-state index in [-0.39, 0.29) is 0 Å². The molecule has 0 radical (unpaired) electrons. The van der Waals surface area contributed by atoms with E-state index in [1.165, 1.54) is 0 Å². The molecular formula is C19H26N2O2. The van der Waals surface area contributed by atoms with E-state index in [2.05, 4.69) is 29.4 Å². The van der Waals surface area contributed by atoms with Crippen molar-refractivity contribution in [3.8, 4) is 5.75 Å². The third kappa shape index (κ3) is 4.44. The lowest BCUT2D eigenvalue weighted by Gasteiger charge is -2.30. The lowest BCUT2D eigenvalue weighted by molar-refractivity contribution is 0.100. The van der Waals surface area contributed by atoms with E-state index in [0.717, 1.165) is 42.5 Å². The number of nitrogens with one attached hydrogen (secondary N) is 1. The van der Waals surface area contributed by atoms with Gasteiger partial charge in [0, 0.05) is 18.0 Å². The van der Waals surface area contributed by atoms with Gasteiger partial charge in [-0.2, -0.15) is 0 Å². The zero-order valence-electron chi connectivity index (χ0n) is 13.7. The van der Waals surface area contributed by atoms with Gasteiger partial charge < -0.3 is 20.1 Å². The Labute approximate surface area is 138 Å². The highest BCUT2D eigenvalue weighted by atomic mass is 16.5. The molecule has 1 aliphatic heterocycles. The Morgan fingerprint density at radius 2 is 1.91 bits per heavy atom. The minimum atomic E-state index is -0.492. The number of aliphatic hydroxyl groups is 1. The lowest BCUT2D eigenvalue weighted by Crippen LogP contribution is -2.44. The largest absolute Gasteiger partial charge is 0.490 e. The van der Waals surface area contributed by atoms with Crippen molar-refractivity contribution in [2.45, 2.75) is 25.0 Å². The maximum atomic E-state index is 10.2. The highest BCUT2D eigenvalue weighted by Crippen LogP contribution is 2.25. The SMILES string of the molecule is CN1CCC(NCC(O)COc2cccc3ccccc23)CC1. The molecule has 124 valence electrons. The molecular weight excluding hydrogens is 288 g/mol. The summed E-state index contributed by atoms with van der Waals surface area (Å²) in [6.07, 6.45) is 1.80. The third-order valence-corrected chi connectivity index (χ3v) is 4.54. The molecule has 2 N–H and O–H groups in total. The number of hydrogen-bond donors (Lipinski definition) is 2. The van der Waals surface area contributed by atoms with Gasteiger partial charge in [0.2, 0.25) is 0 Å². The van der Waals surface area contributed by atoms with E-state index in [1.807, 2.05) is 30.3 Å². The van der Waals surface area contributed by atoms with Crippen LogP contribution in [0.5, 0.6) is 5.75 Å². The molecule has 2 aromatic rings. The average molecular weight is 314 g/mol. The number of aliphatic hydroxyl groups excluding tert-OH is 1. The fraction of sp³-hybridized carbons (Fsp3) is 0.474. The summed E-state index contributed by atoms with van der Waals surface area (Å²) in [6.45, 7) is 3.15. The maximum Gasteiger partial charge on any atom is 0.127 e. The molecule has 1 heterocycles. The van der Waals surface area contributed by atoms with E-state index in [1.54, 1.807) is 0 Å². The first-order valence-corrected chi connectivity index (χ1v) is 8.43. The Balaban J connectivity index is 1.47. The summed E-state index contributed by atoms with van der Waals surface area (Å²) >= 11 is 0. The molecule has 0 spiro atoms. The van der Waals surface area contributed by atoms with Crippen molar-refractivity contribution in [1.29, 1.82) is 0 Å². The molecule has 1 atom stereocenters. The van der Waals surface area contributed by atoms with Crippen molar-refractivity contribution in [2.24, 2.45) is 0 Å². The fourth-order valence-corrected chi connectivity index (χ4v) is 3.08. The van der Waals surface area contributed by atoms with Gasteiger partial charge in [0.05, 0.1) is 0 Å². The second kappa shape index (κ2) is 7.77. The van der Waals surface area contributed by atoms with Gasteiger partial charge in [-0.3, -0.25) is 0 Å². The molecule has 0 amide bonds. The van der Waals surface area contributed by atoms with Crippen LogP contribution >= 0.6 is 0 Å². The van der Waals surface area contributed by atoms with E-state index < -0.39 is 6.10 Å². The van der Waals surface area contributed by atoms with Crippen LogP contribution in [0, 0.1) is 0 Å². The Kier molecular flexibility index (Phi) is 5.49. The molecule has 0 saturated carbocycles. The molecule has 1 fully saturated rings. The fourth-order valence-electron chi connectivity index (χ4n) is 3.08. The second-order valence-electron chi connectivity index (χ2n) is 6.43. The zero-order chi connectivity index (χ0) is 16.1. The first-order chi connectivity index (χ1) is 11.2. The predicted octanol–water partition coefficient (Wildman–Crippen LogP) is 2.26. The number of ether oxygens (including phenoxy) is 1. The molecule has 1 aliphatic rings. The molecule has 1 saturated heterocycles. The van der Waals surface area contributed by atoms with Crippen LogP contribution in [0.25, 0.3) is 10.8 Å². The first-order valence-electron chi connectivity index (χ1n) is 8.43. The standard InChI is InChI=1S/C19H26N2O2/c1-21-11-9-16(10-12-21)20-13-17(22)14-23-19-8-4-6-15-5-2-3-7-18(15)19/h2-8,16-17,20,22H,9-14H2,1H3. The van der Waals surface area contributed by atoms with Gasteiger partial charge in [0.1, 0.15) is 18.5 Å². The van der Waals surface area contributed by atoms with Crippen LogP contribution in [-0.4, -0.2) is 55.4 Å². The van der Waals surface area contributed by atoms with Gasteiger partial charge in [-0.1, -0.05) is 36.4 Å². The highest BCUT2D eigenvalue weighted by Gasteiger charge is 2.17. The summed E-state index contributed by atoms with van der Waals surface area (Å²) in [5, 5.41) is 15.9. The molecule has 23 heavy (non-hydrogen) atoms. The van der Waals surface area contributed by atoms with Crippen molar-refractivity contribution in [3.63, 3.8) is 0 Å². The van der Waals surface area contributed by atoms with Gasteiger partial charge in [0.25, 0.3) is 0 Å². The molecule has 4 heteroatoms. The second-order valence-corrected chi connectivity index (χ2v) is 6.43. The van der Waals surface area contributed by atoms with Crippen LogP contribution in [0.1, 0.15) is 12.8 Å². The minimum absolute atomic E-state index is 0.313. The number of piperidine rings is 1. The van der Waals surface area contributed by atoms with Crippen LogP contribution in [0.3, 0.4) is 0 Å². The monoisotopic (exact) mass is 314 g/mol. The van der Waals surface area contributed by atoms with Crippen molar-refractivity contribution >= 4 is 10.8 Å². The predicted molar refractivity (Wildman–Crippen MR) is 94.0 cm³/mol. The quantitative estimate of drug-likeness (QED) is 0.858. The molecule has 4 nitrogen and oxygen atoms in total. The van der Waals surface area contributed by atoms with Crippen LogP contribution in [0.2, 0.25) is 0 Å². The van der Waals surface area contributed by atoms with Crippen molar-refractivity contribution < 1.29 is 9.84 Å². The van der Waals surface area contributed by atoms with Crippen LogP contribution in [0.15, 0.2) is 42.5 Å². The Bertz CT molecular complexity index is 618. The number of nitrogens with zero attached hydrogens (tertiary/aromatic N) is 1. The summed E-state index contributed by atoms with van der Waals surface area (Å²) < 4.78 is 5.84. The molecule has 3 rings (SSSR count). The van der Waals surface area contributed by atoms with E-state index >= 15 is 0 Å². The van der Waals surface area contributed by atoms with Crippen LogP contribution in [-0.2, 0) is 0 Å². The Morgan fingerprint density at radius 3 is 2.74 bits per heavy atom. The zero-order valence-corrected chi connectivity index (χ0v) is 13.7. The molecule has 0 aliphatic carbocycles. The molecule has 2 aromatic carbocycles. The van der Waals surface area contributed by atoms with Gasteiger partial charge in [-0.15, -0.1) is 0 Å². The summed E-state index contributed by atoms with van der Waals surface area (Å²) in [6, 6.07) is 14.7. The number of hydrogen-bond acceptors (Lipinski definition) is 4. The highest BCUT2D eigenvalue weighted by molar-refractivity contribution is 5.88. The van der Waals surface area contributed by atoms with E-state index in [4.69, 9.17) is 4.74 Å². The van der Waals surface area contributed by atoms with Crippen molar-refractivity contribution in [2.75, 3.05) is 33.3 Å². The van der Waals surface area contributed by atoms with Crippen LogP contribution < -0.4 is 10.1 Å². The summed E-state index contributed by atoms with van der Waals surface area (Å²) in [5.41, 5.74) is 0. The van der Waals surface area contributed by atoms with E-state index in [9.17, 15) is 5.11 Å². The smallest absolute Gasteiger partial charge is 0.127 e. The van der Waals surface area contributed by atoms with Crippen molar-refractivity contribution in [3.05, 3.63) is 42.5 Å². The minimum Gasteiger partial charge on any atom is -0.490 e. The molecule has 0 aromatic heterocycles. The van der Waals surface area contributed by atoms with Gasteiger partial charge in [-0.05, 0) is 44.4 Å². The normalized spacial score (nSPS) is 18.2. The molecule has 1 unspecified atom stereocenters. The van der Waals surface area contributed by atoms with E-state index in [0.29, 0.717) is 19.2 Å². The maximum absolute atomic E-state index is 10.2. The Morgan fingerprint density at radius 1 is 1.17 bits per heavy atom. The number of fused-ring (bicyclic) bond motifs is 1. The number of likely N-dealkylation sites (tertiary alicyclic amines) is 1. The molecule has 0 bridgehead atoms.